The van der Waals surface area contributed by atoms with Gasteiger partial charge in [-0.1, -0.05) is 47.5 Å². The summed E-state index contributed by atoms with van der Waals surface area (Å²) in [5.41, 5.74) is 2.63. The van der Waals surface area contributed by atoms with Gasteiger partial charge in [0.25, 0.3) is 5.91 Å². The number of fused-ring (bicyclic) bond motifs is 1. The van der Waals surface area contributed by atoms with Crippen molar-refractivity contribution in [3.05, 3.63) is 87.7 Å². The molecular formula is C24H20Cl2N2O5. The van der Waals surface area contributed by atoms with Crippen LogP contribution in [-0.4, -0.2) is 46.6 Å². The summed E-state index contributed by atoms with van der Waals surface area (Å²) in [5.74, 6) is -0.564. The van der Waals surface area contributed by atoms with Crippen LogP contribution in [0.3, 0.4) is 0 Å². The van der Waals surface area contributed by atoms with Crippen molar-refractivity contribution in [3.8, 4) is 11.5 Å². The number of ether oxygens (including phenoxy) is 2. The van der Waals surface area contributed by atoms with Crippen molar-refractivity contribution >= 4 is 35.1 Å². The van der Waals surface area contributed by atoms with E-state index in [0.29, 0.717) is 40.2 Å². The van der Waals surface area contributed by atoms with Gasteiger partial charge in [0.05, 0.1) is 12.2 Å². The lowest BCUT2D eigenvalue weighted by atomic mass is 9.87. The summed E-state index contributed by atoms with van der Waals surface area (Å²) in [6, 6.07) is 15.5. The minimum atomic E-state index is -1.10. The minimum absolute atomic E-state index is 0.201. The Hall–Kier alpha value is -3.29. The molecule has 1 aliphatic rings. The number of carbonyl (C=O) groups is 2. The number of nitrogens with zero attached hydrogens (tertiary/aromatic N) is 2. The zero-order valence-corrected chi connectivity index (χ0v) is 18.9. The van der Waals surface area contributed by atoms with E-state index in [1.54, 1.807) is 35.2 Å². The molecule has 1 amide bonds. The van der Waals surface area contributed by atoms with E-state index in [1.165, 1.54) is 6.20 Å². The predicted octanol–water partition coefficient (Wildman–Crippen LogP) is 4.40. The average Bonchev–Trinajstić information content (AvgIpc) is 2.82. The Morgan fingerprint density at radius 2 is 1.85 bits per heavy atom. The summed E-state index contributed by atoms with van der Waals surface area (Å²) in [7, 11) is 0. The third-order valence-electron chi connectivity index (χ3n) is 5.28. The third-order valence-corrected chi connectivity index (χ3v) is 5.74. The molecule has 0 radical (unpaired) electrons. The Balaban J connectivity index is 1.67. The van der Waals surface area contributed by atoms with E-state index >= 15 is 0 Å². The monoisotopic (exact) mass is 486 g/mol. The molecule has 1 N–H and O–H groups in total. The smallest absolute Gasteiger partial charge is 0.341 e. The summed E-state index contributed by atoms with van der Waals surface area (Å²) in [4.78, 5) is 30.0. The summed E-state index contributed by atoms with van der Waals surface area (Å²) in [6.07, 6.45) is 2.13. The first-order chi connectivity index (χ1) is 15.9. The second-order valence-corrected chi connectivity index (χ2v) is 8.23. The highest BCUT2D eigenvalue weighted by molar-refractivity contribution is 6.30. The van der Waals surface area contributed by atoms with Crippen LogP contribution >= 0.6 is 23.2 Å². The Kier molecular flexibility index (Phi) is 7.01. The zero-order valence-electron chi connectivity index (χ0n) is 17.4. The van der Waals surface area contributed by atoms with Gasteiger partial charge in [-0.25, -0.2) is 9.78 Å². The number of pyridine rings is 1. The van der Waals surface area contributed by atoms with Crippen LogP contribution in [0.4, 0.5) is 0 Å². The molecular weight excluding hydrogens is 467 g/mol. The number of hydrogen-bond donors (Lipinski definition) is 1. The first kappa shape index (κ1) is 22.9. The Morgan fingerprint density at radius 3 is 2.61 bits per heavy atom. The highest BCUT2D eigenvalue weighted by Crippen LogP contribution is 2.40. The van der Waals surface area contributed by atoms with Crippen molar-refractivity contribution < 1.29 is 24.2 Å². The van der Waals surface area contributed by atoms with E-state index in [2.05, 4.69) is 4.98 Å². The maximum Gasteiger partial charge on any atom is 0.341 e. The lowest BCUT2D eigenvalue weighted by Gasteiger charge is -2.38. The largest absolute Gasteiger partial charge is 0.482 e. The molecule has 0 bridgehead atoms. The summed E-state index contributed by atoms with van der Waals surface area (Å²) >= 11 is 12.1. The van der Waals surface area contributed by atoms with E-state index in [9.17, 15) is 9.59 Å². The number of amides is 1. The molecule has 7 nitrogen and oxygen atoms in total. The Labute approximate surface area is 200 Å². The molecule has 0 spiro atoms. The number of rotatable bonds is 7. The fourth-order valence-corrected chi connectivity index (χ4v) is 4.14. The van der Waals surface area contributed by atoms with Crippen LogP contribution < -0.4 is 9.47 Å². The van der Waals surface area contributed by atoms with Gasteiger partial charge in [0, 0.05) is 17.1 Å². The molecule has 2 heterocycles. The molecule has 3 aromatic rings. The van der Waals surface area contributed by atoms with Crippen LogP contribution in [0.25, 0.3) is 0 Å². The maximum atomic E-state index is 13.3. The average molecular weight is 487 g/mol. The SMILES string of the molecule is O=C(O)COc1ccc(Cl)cc1C1c2ccccc2CCN1C(=O)COc1ccc(Cl)nc1. The number of carbonyl (C=O) groups excluding carboxylic acids is 1. The van der Waals surface area contributed by atoms with Crippen LogP contribution in [0.15, 0.2) is 60.8 Å². The molecule has 9 heteroatoms. The van der Waals surface area contributed by atoms with Crippen LogP contribution in [0.1, 0.15) is 22.7 Å². The number of halogens is 2. The summed E-state index contributed by atoms with van der Waals surface area (Å²) in [6.45, 7) is -0.259. The molecule has 4 rings (SSSR count). The van der Waals surface area contributed by atoms with Crippen LogP contribution in [0.5, 0.6) is 11.5 Å². The Morgan fingerprint density at radius 1 is 1.03 bits per heavy atom. The van der Waals surface area contributed by atoms with Gasteiger partial charge >= 0.3 is 5.97 Å². The van der Waals surface area contributed by atoms with Gasteiger partial charge in [0.2, 0.25) is 0 Å². The van der Waals surface area contributed by atoms with E-state index in [1.807, 2.05) is 24.3 Å². The lowest BCUT2D eigenvalue weighted by Crippen LogP contribution is -2.43. The minimum Gasteiger partial charge on any atom is -0.482 e. The van der Waals surface area contributed by atoms with Gasteiger partial charge in [-0.05, 0) is 47.9 Å². The summed E-state index contributed by atoms with van der Waals surface area (Å²) < 4.78 is 11.2. The van der Waals surface area contributed by atoms with Crippen molar-refractivity contribution in [3.63, 3.8) is 0 Å². The molecule has 1 aromatic heterocycles. The van der Waals surface area contributed by atoms with Gasteiger partial charge in [-0.15, -0.1) is 0 Å². The fourth-order valence-electron chi connectivity index (χ4n) is 3.85. The van der Waals surface area contributed by atoms with Crippen molar-refractivity contribution in [1.29, 1.82) is 0 Å². The molecule has 0 aliphatic carbocycles. The maximum absolute atomic E-state index is 13.3. The molecule has 170 valence electrons. The number of aromatic nitrogens is 1. The standard InChI is InChI=1S/C24H20Cl2N2O5/c25-16-5-7-20(33-14-23(30)31)19(11-16)24-18-4-2-1-3-15(18)9-10-28(24)22(29)13-32-17-6-8-21(26)27-12-17/h1-8,11-12,24H,9-10,13-14H2,(H,30,31). The van der Waals surface area contributed by atoms with Crippen molar-refractivity contribution in [2.24, 2.45) is 0 Å². The second kappa shape index (κ2) is 10.1. The lowest BCUT2D eigenvalue weighted by molar-refractivity contribution is -0.139. The second-order valence-electron chi connectivity index (χ2n) is 7.41. The normalized spacial score (nSPS) is 15.0. The van der Waals surface area contributed by atoms with E-state index in [4.69, 9.17) is 37.8 Å². The van der Waals surface area contributed by atoms with Gasteiger partial charge in [0.1, 0.15) is 16.7 Å². The highest BCUT2D eigenvalue weighted by Gasteiger charge is 2.34. The number of hydrogen-bond acceptors (Lipinski definition) is 5. The molecule has 1 atom stereocenters. The zero-order chi connectivity index (χ0) is 23.4. The number of benzene rings is 2. The van der Waals surface area contributed by atoms with Crippen LogP contribution in [-0.2, 0) is 16.0 Å². The predicted molar refractivity (Wildman–Crippen MR) is 123 cm³/mol. The van der Waals surface area contributed by atoms with Gasteiger partial charge in [-0.3, -0.25) is 4.79 Å². The van der Waals surface area contributed by atoms with Crippen LogP contribution in [0.2, 0.25) is 10.2 Å². The van der Waals surface area contributed by atoms with Crippen molar-refractivity contribution in [1.82, 2.24) is 9.88 Å². The van der Waals surface area contributed by atoms with Gasteiger partial charge in [0.15, 0.2) is 13.2 Å². The summed E-state index contributed by atoms with van der Waals surface area (Å²) in [5, 5.41) is 9.86. The van der Waals surface area contributed by atoms with Gasteiger partial charge in [-0.2, -0.15) is 0 Å². The first-order valence-corrected chi connectivity index (χ1v) is 10.9. The topological polar surface area (TPSA) is 89.0 Å². The van der Waals surface area contributed by atoms with E-state index in [-0.39, 0.29) is 12.5 Å². The molecule has 0 fully saturated rings. The molecule has 1 aliphatic heterocycles. The third kappa shape index (κ3) is 5.38. The van der Waals surface area contributed by atoms with Crippen molar-refractivity contribution in [2.75, 3.05) is 19.8 Å². The van der Waals surface area contributed by atoms with Crippen LogP contribution in [0, 0.1) is 0 Å². The van der Waals surface area contributed by atoms with E-state index < -0.39 is 18.6 Å². The molecule has 0 saturated heterocycles. The molecule has 0 saturated carbocycles. The number of carboxylic acids is 1. The Bertz CT molecular complexity index is 1170. The number of carboxylic acid groups (broad SMARTS) is 1. The number of aliphatic carboxylic acids is 1. The molecule has 2 aromatic carbocycles. The van der Waals surface area contributed by atoms with E-state index in [0.717, 1.165) is 11.1 Å². The van der Waals surface area contributed by atoms with Crippen molar-refractivity contribution in [2.45, 2.75) is 12.5 Å². The first-order valence-electron chi connectivity index (χ1n) is 10.2. The molecule has 1 unspecified atom stereocenters. The quantitative estimate of drug-likeness (QED) is 0.497. The highest BCUT2D eigenvalue weighted by atomic mass is 35.5. The van der Waals surface area contributed by atoms with Gasteiger partial charge < -0.3 is 19.5 Å². The molecule has 33 heavy (non-hydrogen) atoms. The fraction of sp³-hybridized carbons (Fsp3) is 0.208.